The van der Waals surface area contributed by atoms with Crippen LogP contribution in [0.5, 0.6) is 0 Å². The molecule has 4 nitrogen and oxygen atoms in total. The van der Waals surface area contributed by atoms with Crippen LogP contribution in [-0.4, -0.2) is 22.4 Å². The Hall–Kier alpha value is -1.20. The maximum Gasteiger partial charge on any atom is 0.149 e. The lowest BCUT2D eigenvalue weighted by Crippen LogP contribution is -2.08. The summed E-state index contributed by atoms with van der Waals surface area (Å²) in [6.45, 7) is 1.57. The van der Waals surface area contributed by atoms with E-state index in [2.05, 4.69) is 14.7 Å². The van der Waals surface area contributed by atoms with Gasteiger partial charge in [0.15, 0.2) is 0 Å². The summed E-state index contributed by atoms with van der Waals surface area (Å²) in [5, 5.41) is 4.34. The van der Waals surface area contributed by atoms with Crippen LogP contribution >= 0.6 is 11.5 Å². The Morgan fingerprint density at radius 2 is 2.43 bits per heavy atom. The maximum absolute atomic E-state index is 5.41. The lowest BCUT2D eigenvalue weighted by atomic mass is 10.3. The van der Waals surface area contributed by atoms with Gasteiger partial charge in [-0.3, -0.25) is 0 Å². The molecule has 14 heavy (non-hydrogen) atoms. The third-order valence-corrected chi connectivity index (χ3v) is 2.70. The molecule has 0 saturated heterocycles. The topological polar surface area (TPSA) is 63.8 Å². The van der Waals surface area contributed by atoms with Gasteiger partial charge in [0.1, 0.15) is 10.6 Å². The van der Waals surface area contributed by atoms with Crippen LogP contribution in [0.2, 0.25) is 0 Å². The van der Waals surface area contributed by atoms with Crippen molar-refractivity contribution in [3.05, 3.63) is 18.3 Å². The van der Waals surface area contributed by atoms with Crippen LogP contribution in [0.1, 0.15) is 6.42 Å². The van der Waals surface area contributed by atoms with E-state index in [9.17, 15) is 0 Å². The summed E-state index contributed by atoms with van der Waals surface area (Å²) in [6.07, 6.45) is 2.74. The van der Waals surface area contributed by atoms with Crippen molar-refractivity contribution in [2.24, 2.45) is 5.73 Å². The van der Waals surface area contributed by atoms with Crippen molar-refractivity contribution in [1.82, 2.24) is 9.36 Å². The smallest absolute Gasteiger partial charge is 0.149 e. The highest BCUT2D eigenvalue weighted by molar-refractivity contribution is 7.13. The summed E-state index contributed by atoms with van der Waals surface area (Å²) in [4.78, 5) is 5.20. The van der Waals surface area contributed by atoms with Gasteiger partial charge in [-0.2, -0.15) is 4.37 Å². The predicted molar refractivity (Wildman–Crippen MR) is 59.6 cm³/mol. The highest BCUT2D eigenvalue weighted by atomic mass is 32.1. The molecule has 2 rings (SSSR count). The zero-order chi connectivity index (χ0) is 9.80. The molecule has 0 aromatic carbocycles. The number of rotatable bonds is 4. The molecule has 0 aliphatic rings. The van der Waals surface area contributed by atoms with Crippen molar-refractivity contribution in [1.29, 1.82) is 0 Å². The number of nitrogens with one attached hydrogen (secondary N) is 1. The molecule has 0 atom stereocenters. The first kappa shape index (κ1) is 9.36. The van der Waals surface area contributed by atoms with Gasteiger partial charge in [-0.25, -0.2) is 4.98 Å². The zero-order valence-electron chi connectivity index (χ0n) is 7.73. The van der Waals surface area contributed by atoms with Crippen LogP contribution in [-0.2, 0) is 0 Å². The van der Waals surface area contributed by atoms with Gasteiger partial charge in [-0.05, 0) is 36.6 Å². The number of hydrogen-bond acceptors (Lipinski definition) is 5. The molecule has 0 aliphatic heterocycles. The molecule has 0 radical (unpaired) electrons. The molecule has 0 spiro atoms. The highest BCUT2D eigenvalue weighted by Crippen LogP contribution is 2.23. The summed E-state index contributed by atoms with van der Waals surface area (Å²) in [6, 6.07) is 3.95. The van der Waals surface area contributed by atoms with Crippen LogP contribution in [0.25, 0.3) is 10.2 Å². The average molecular weight is 208 g/mol. The van der Waals surface area contributed by atoms with E-state index in [1.165, 1.54) is 11.5 Å². The van der Waals surface area contributed by atoms with Crippen molar-refractivity contribution >= 4 is 27.6 Å². The minimum Gasteiger partial charge on any atom is -0.369 e. The molecule has 0 saturated carbocycles. The normalized spacial score (nSPS) is 10.6. The van der Waals surface area contributed by atoms with E-state index < -0.39 is 0 Å². The van der Waals surface area contributed by atoms with Gasteiger partial charge < -0.3 is 11.1 Å². The molecule has 3 N–H and O–H groups in total. The Morgan fingerprint density at radius 3 is 3.29 bits per heavy atom. The summed E-state index contributed by atoms with van der Waals surface area (Å²) in [5.74, 6) is 0.923. The molecule has 0 amide bonds. The second kappa shape index (κ2) is 4.34. The first-order valence-electron chi connectivity index (χ1n) is 4.56. The van der Waals surface area contributed by atoms with Gasteiger partial charge in [0.2, 0.25) is 0 Å². The average Bonchev–Trinajstić information content (AvgIpc) is 2.63. The minimum atomic E-state index is 0.702. The Balaban J connectivity index is 2.17. The fraction of sp³-hybridized carbons (Fsp3) is 0.333. The van der Waals surface area contributed by atoms with Crippen LogP contribution < -0.4 is 11.1 Å². The SMILES string of the molecule is NCCCNc1nsc2ncccc12. The lowest BCUT2D eigenvalue weighted by molar-refractivity contribution is 0.873. The molecule has 2 aromatic rings. The van der Waals surface area contributed by atoms with Crippen LogP contribution in [0.15, 0.2) is 18.3 Å². The first-order chi connectivity index (χ1) is 6.92. The maximum atomic E-state index is 5.41. The van der Waals surface area contributed by atoms with E-state index in [1.807, 2.05) is 12.1 Å². The number of aromatic nitrogens is 2. The quantitative estimate of drug-likeness (QED) is 0.746. The van der Waals surface area contributed by atoms with Crippen molar-refractivity contribution in [2.45, 2.75) is 6.42 Å². The second-order valence-corrected chi connectivity index (χ2v) is 3.71. The number of pyridine rings is 1. The lowest BCUT2D eigenvalue weighted by Gasteiger charge is -2.00. The van der Waals surface area contributed by atoms with Crippen molar-refractivity contribution in [2.75, 3.05) is 18.4 Å². The number of hydrogen-bond donors (Lipinski definition) is 2. The Labute approximate surface area is 86.3 Å². The molecule has 5 heteroatoms. The third kappa shape index (κ3) is 1.83. The van der Waals surface area contributed by atoms with Gasteiger partial charge in [-0.15, -0.1) is 0 Å². The third-order valence-electron chi connectivity index (χ3n) is 1.92. The van der Waals surface area contributed by atoms with E-state index in [0.717, 1.165) is 29.0 Å². The minimum absolute atomic E-state index is 0.702. The van der Waals surface area contributed by atoms with E-state index in [1.54, 1.807) is 6.20 Å². The Morgan fingerprint density at radius 1 is 1.50 bits per heavy atom. The van der Waals surface area contributed by atoms with Gasteiger partial charge >= 0.3 is 0 Å². The van der Waals surface area contributed by atoms with Gasteiger partial charge in [-0.1, -0.05) is 0 Å². The summed E-state index contributed by atoms with van der Waals surface area (Å²) in [5.41, 5.74) is 5.41. The fourth-order valence-electron chi connectivity index (χ4n) is 1.22. The summed E-state index contributed by atoms with van der Waals surface area (Å²) < 4.78 is 4.29. The van der Waals surface area contributed by atoms with E-state index in [4.69, 9.17) is 5.73 Å². The zero-order valence-corrected chi connectivity index (χ0v) is 8.55. The molecular weight excluding hydrogens is 196 g/mol. The van der Waals surface area contributed by atoms with Crippen molar-refractivity contribution < 1.29 is 0 Å². The molecule has 0 unspecified atom stereocenters. The Bertz CT molecular complexity index is 412. The monoisotopic (exact) mass is 208 g/mol. The highest BCUT2D eigenvalue weighted by Gasteiger charge is 2.04. The van der Waals surface area contributed by atoms with Crippen LogP contribution in [0, 0.1) is 0 Å². The molecule has 0 fully saturated rings. The molecular formula is C9H12N4S. The number of fused-ring (bicyclic) bond motifs is 1. The van der Waals surface area contributed by atoms with Crippen molar-refractivity contribution in [3.63, 3.8) is 0 Å². The van der Waals surface area contributed by atoms with Crippen LogP contribution in [0.3, 0.4) is 0 Å². The second-order valence-electron chi connectivity index (χ2n) is 2.96. The molecule has 2 aromatic heterocycles. The number of anilines is 1. The molecule has 74 valence electrons. The standard InChI is InChI=1S/C9H12N4S/c10-4-2-6-11-8-7-3-1-5-12-9(7)14-13-8/h1,3,5H,2,4,6,10H2,(H,11,13). The fourth-order valence-corrected chi connectivity index (χ4v) is 1.93. The van der Waals surface area contributed by atoms with Gasteiger partial charge in [0.05, 0.1) is 5.39 Å². The summed E-state index contributed by atoms with van der Waals surface area (Å²) in [7, 11) is 0. The van der Waals surface area contributed by atoms with E-state index in [-0.39, 0.29) is 0 Å². The Kier molecular flexibility index (Phi) is 2.90. The molecule has 0 bridgehead atoms. The largest absolute Gasteiger partial charge is 0.369 e. The first-order valence-corrected chi connectivity index (χ1v) is 5.33. The van der Waals surface area contributed by atoms with Gasteiger partial charge in [0, 0.05) is 12.7 Å². The number of nitrogens with zero attached hydrogens (tertiary/aromatic N) is 2. The van der Waals surface area contributed by atoms with Gasteiger partial charge in [0.25, 0.3) is 0 Å². The molecule has 2 heterocycles. The predicted octanol–water partition coefficient (Wildman–Crippen LogP) is 1.45. The molecule has 0 aliphatic carbocycles. The van der Waals surface area contributed by atoms with Crippen LogP contribution in [0.4, 0.5) is 5.82 Å². The number of nitrogens with two attached hydrogens (primary N) is 1. The van der Waals surface area contributed by atoms with E-state index >= 15 is 0 Å². The van der Waals surface area contributed by atoms with Crippen molar-refractivity contribution in [3.8, 4) is 0 Å². The van der Waals surface area contributed by atoms with E-state index in [0.29, 0.717) is 6.54 Å². The summed E-state index contributed by atoms with van der Waals surface area (Å²) >= 11 is 1.42.